The number of carboxylic acid groups (broad SMARTS) is 1. The van der Waals surface area contributed by atoms with Crippen molar-refractivity contribution in [3.05, 3.63) is 18.5 Å². The van der Waals surface area contributed by atoms with Gasteiger partial charge in [-0.1, -0.05) is 11.8 Å². The maximum atomic E-state index is 10.5. The normalized spacial score (nSPS) is 10.7. The number of aliphatic carboxylic acids is 1. The minimum atomic E-state index is -0.872. The highest BCUT2D eigenvalue weighted by Gasteiger charge is 2.13. The second kappa shape index (κ2) is 5.63. The molecule has 9 heteroatoms. The molecule has 1 N–H and O–H groups in total. The van der Waals surface area contributed by atoms with Crippen molar-refractivity contribution in [2.45, 2.75) is 25.2 Å². The van der Waals surface area contributed by atoms with Crippen molar-refractivity contribution in [2.24, 2.45) is 0 Å². The second-order valence-electron chi connectivity index (χ2n) is 3.42. The van der Waals surface area contributed by atoms with E-state index in [9.17, 15) is 4.79 Å². The molecule has 8 nitrogen and oxygen atoms in total. The third-order valence-corrected chi connectivity index (χ3v) is 3.16. The molecular weight excluding hydrogens is 256 g/mol. The number of rotatable bonds is 6. The predicted molar refractivity (Wildman–Crippen MR) is 63.2 cm³/mol. The molecule has 0 saturated carbocycles. The van der Waals surface area contributed by atoms with E-state index >= 15 is 0 Å². The highest BCUT2D eigenvalue weighted by molar-refractivity contribution is 7.99. The van der Waals surface area contributed by atoms with Crippen LogP contribution in [0.4, 0.5) is 0 Å². The molecule has 0 saturated heterocycles. The standard InChI is InChI=1S/C9H12N6O2S/c1-2-15-7(3-14-6-10-5-11-14)12-13-9(15)18-4-8(16)17/h5-6H,2-4H2,1H3,(H,16,17). The number of aromatic nitrogens is 6. The van der Waals surface area contributed by atoms with Crippen molar-refractivity contribution in [3.8, 4) is 0 Å². The maximum Gasteiger partial charge on any atom is 0.313 e. The zero-order valence-electron chi connectivity index (χ0n) is 9.72. The summed E-state index contributed by atoms with van der Waals surface area (Å²) < 4.78 is 3.51. The van der Waals surface area contributed by atoms with Crippen LogP contribution in [-0.4, -0.2) is 46.4 Å². The highest BCUT2D eigenvalue weighted by atomic mass is 32.2. The van der Waals surface area contributed by atoms with Gasteiger partial charge in [-0.2, -0.15) is 5.10 Å². The van der Waals surface area contributed by atoms with E-state index in [4.69, 9.17) is 5.11 Å². The van der Waals surface area contributed by atoms with E-state index in [1.807, 2.05) is 11.5 Å². The third kappa shape index (κ3) is 2.86. The molecule has 0 atom stereocenters. The van der Waals surface area contributed by atoms with Crippen molar-refractivity contribution >= 4 is 17.7 Å². The Hall–Kier alpha value is -1.90. The van der Waals surface area contributed by atoms with Crippen LogP contribution in [0.1, 0.15) is 12.7 Å². The molecule has 18 heavy (non-hydrogen) atoms. The minimum Gasteiger partial charge on any atom is -0.481 e. The van der Waals surface area contributed by atoms with Crippen LogP contribution in [0.25, 0.3) is 0 Å². The molecule has 0 amide bonds. The average molecular weight is 268 g/mol. The zero-order chi connectivity index (χ0) is 13.0. The Kier molecular flexibility index (Phi) is 3.92. The number of hydrogen-bond acceptors (Lipinski definition) is 6. The van der Waals surface area contributed by atoms with Gasteiger partial charge in [-0.25, -0.2) is 9.67 Å². The van der Waals surface area contributed by atoms with Gasteiger partial charge in [-0.15, -0.1) is 10.2 Å². The van der Waals surface area contributed by atoms with Crippen molar-refractivity contribution in [2.75, 3.05) is 5.75 Å². The Labute approximate surface area is 107 Å². The predicted octanol–water partition coefficient (Wildman–Crippen LogP) is 0.114. The van der Waals surface area contributed by atoms with Crippen LogP contribution in [0.15, 0.2) is 17.8 Å². The molecule has 0 radical (unpaired) electrons. The van der Waals surface area contributed by atoms with Crippen molar-refractivity contribution < 1.29 is 9.90 Å². The molecule has 0 bridgehead atoms. The Morgan fingerprint density at radius 1 is 1.50 bits per heavy atom. The lowest BCUT2D eigenvalue weighted by atomic mass is 10.5. The molecule has 0 fully saturated rings. The van der Waals surface area contributed by atoms with Gasteiger partial charge < -0.3 is 9.67 Å². The summed E-state index contributed by atoms with van der Waals surface area (Å²) in [5, 5.41) is 21.3. The summed E-state index contributed by atoms with van der Waals surface area (Å²) in [7, 11) is 0. The van der Waals surface area contributed by atoms with Gasteiger partial charge in [0.25, 0.3) is 0 Å². The Morgan fingerprint density at radius 3 is 2.94 bits per heavy atom. The SMILES string of the molecule is CCn1c(Cn2cncn2)nnc1SCC(=O)O. The number of nitrogens with zero attached hydrogens (tertiary/aromatic N) is 6. The molecule has 0 aliphatic heterocycles. The summed E-state index contributed by atoms with van der Waals surface area (Å²) >= 11 is 1.16. The van der Waals surface area contributed by atoms with E-state index < -0.39 is 5.97 Å². The van der Waals surface area contributed by atoms with Gasteiger partial charge in [0.05, 0.1) is 5.75 Å². The molecule has 0 aromatic carbocycles. The molecule has 0 aliphatic rings. The fraction of sp³-hybridized carbons (Fsp3) is 0.444. The number of carboxylic acids is 1. The first-order chi connectivity index (χ1) is 8.70. The van der Waals surface area contributed by atoms with E-state index in [2.05, 4.69) is 20.3 Å². The van der Waals surface area contributed by atoms with Crippen LogP contribution >= 0.6 is 11.8 Å². The Bertz CT molecular complexity index is 523. The first-order valence-corrected chi connectivity index (χ1v) is 6.28. The van der Waals surface area contributed by atoms with E-state index in [0.29, 0.717) is 18.2 Å². The summed E-state index contributed by atoms with van der Waals surface area (Å²) in [6, 6.07) is 0. The third-order valence-electron chi connectivity index (χ3n) is 2.20. The molecule has 2 heterocycles. The van der Waals surface area contributed by atoms with Gasteiger partial charge in [0.2, 0.25) is 0 Å². The Morgan fingerprint density at radius 2 is 2.33 bits per heavy atom. The second-order valence-corrected chi connectivity index (χ2v) is 4.36. The zero-order valence-corrected chi connectivity index (χ0v) is 10.5. The van der Waals surface area contributed by atoms with Crippen molar-refractivity contribution in [1.29, 1.82) is 0 Å². The Balaban J connectivity index is 2.13. The molecule has 0 aliphatic carbocycles. The summed E-state index contributed by atoms with van der Waals surface area (Å²) in [6.07, 6.45) is 3.05. The molecule has 0 spiro atoms. The monoisotopic (exact) mass is 268 g/mol. The van der Waals surface area contributed by atoms with Crippen molar-refractivity contribution in [3.63, 3.8) is 0 Å². The first kappa shape index (κ1) is 12.6. The van der Waals surface area contributed by atoms with Gasteiger partial charge >= 0.3 is 5.97 Å². The summed E-state index contributed by atoms with van der Waals surface area (Å²) in [6.45, 7) is 3.10. The van der Waals surface area contributed by atoms with Crippen LogP contribution in [0, 0.1) is 0 Å². The lowest BCUT2D eigenvalue weighted by molar-refractivity contribution is -0.133. The lowest BCUT2D eigenvalue weighted by Crippen LogP contribution is -2.09. The van der Waals surface area contributed by atoms with Crippen LogP contribution in [0.3, 0.4) is 0 Å². The van der Waals surface area contributed by atoms with Gasteiger partial charge in [-0.05, 0) is 6.92 Å². The van der Waals surface area contributed by atoms with Gasteiger partial charge in [0.1, 0.15) is 19.2 Å². The van der Waals surface area contributed by atoms with Crippen LogP contribution in [-0.2, 0) is 17.9 Å². The van der Waals surface area contributed by atoms with Gasteiger partial charge in [0.15, 0.2) is 11.0 Å². The lowest BCUT2D eigenvalue weighted by Gasteiger charge is -2.06. The highest BCUT2D eigenvalue weighted by Crippen LogP contribution is 2.17. The molecule has 2 aromatic rings. The van der Waals surface area contributed by atoms with Crippen LogP contribution in [0.2, 0.25) is 0 Å². The van der Waals surface area contributed by atoms with Gasteiger partial charge in [-0.3, -0.25) is 4.79 Å². The van der Waals surface area contributed by atoms with Crippen molar-refractivity contribution in [1.82, 2.24) is 29.5 Å². The molecule has 0 unspecified atom stereocenters. The summed E-state index contributed by atoms with van der Waals surface area (Å²) in [5.41, 5.74) is 0. The number of hydrogen-bond donors (Lipinski definition) is 1. The summed E-state index contributed by atoms with van der Waals surface area (Å²) in [4.78, 5) is 14.4. The van der Waals surface area contributed by atoms with Gasteiger partial charge in [0, 0.05) is 6.54 Å². The van der Waals surface area contributed by atoms with E-state index in [-0.39, 0.29) is 5.75 Å². The fourth-order valence-corrected chi connectivity index (χ4v) is 2.19. The largest absolute Gasteiger partial charge is 0.481 e. The number of carbonyl (C=O) groups is 1. The minimum absolute atomic E-state index is 0.0263. The maximum absolute atomic E-state index is 10.5. The molecule has 2 aromatic heterocycles. The molecule has 2 rings (SSSR count). The van der Waals surface area contributed by atoms with Crippen LogP contribution in [0.5, 0.6) is 0 Å². The van der Waals surface area contributed by atoms with E-state index in [0.717, 1.165) is 17.6 Å². The summed E-state index contributed by atoms with van der Waals surface area (Å²) in [5.74, 6) is -0.166. The molecule has 96 valence electrons. The van der Waals surface area contributed by atoms with E-state index in [1.54, 1.807) is 11.0 Å². The quantitative estimate of drug-likeness (QED) is 0.742. The van der Waals surface area contributed by atoms with Crippen LogP contribution < -0.4 is 0 Å². The smallest absolute Gasteiger partial charge is 0.313 e. The number of thioether (sulfide) groups is 1. The molecular formula is C9H12N6O2S. The average Bonchev–Trinajstić information content (AvgIpc) is 2.96. The first-order valence-electron chi connectivity index (χ1n) is 5.29. The fourth-order valence-electron chi connectivity index (χ4n) is 1.45. The topological polar surface area (TPSA) is 98.7 Å². The van der Waals surface area contributed by atoms with E-state index in [1.165, 1.54) is 6.33 Å².